The first-order valence-electron chi connectivity index (χ1n) is 6.43. The molecule has 0 saturated carbocycles. The maximum absolute atomic E-state index is 13.6. The van der Waals surface area contributed by atoms with Crippen LogP contribution in [0.4, 0.5) is 22.0 Å². The SMILES string of the molecule is O=C(c1c(F)c(F)c(F)c(F)c1F)N1C[C@H]2CNC[C@H]2C1. The highest BCUT2D eigenvalue weighted by molar-refractivity contribution is 5.95. The third kappa shape index (κ3) is 2.08. The molecule has 0 unspecified atom stereocenters. The number of amides is 1. The van der Waals surface area contributed by atoms with Crippen molar-refractivity contribution in [1.29, 1.82) is 0 Å². The van der Waals surface area contributed by atoms with Crippen LogP contribution in [0.3, 0.4) is 0 Å². The minimum atomic E-state index is -2.26. The third-order valence-corrected chi connectivity index (χ3v) is 4.10. The van der Waals surface area contributed by atoms with Crippen molar-refractivity contribution in [2.75, 3.05) is 26.2 Å². The number of hydrogen-bond acceptors (Lipinski definition) is 2. The van der Waals surface area contributed by atoms with Gasteiger partial charge >= 0.3 is 0 Å². The molecule has 0 aliphatic carbocycles. The van der Waals surface area contributed by atoms with Gasteiger partial charge in [0.15, 0.2) is 23.3 Å². The van der Waals surface area contributed by atoms with Crippen LogP contribution in [0.1, 0.15) is 10.4 Å². The molecule has 21 heavy (non-hydrogen) atoms. The summed E-state index contributed by atoms with van der Waals surface area (Å²) in [6, 6.07) is 0. The summed E-state index contributed by atoms with van der Waals surface area (Å²) < 4.78 is 66.5. The Bertz CT molecular complexity index is 580. The molecule has 0 spiro atoms. The van der Waals surface area contributed by atoms with E-state index < -0.39 is 40.6 Å². The Balaban J connectivity index is 1.96. The first-order chi connectivity index (χ1) is 9.91. The van der Waals surface area contributed by atoms with Crippen molar-refractivity contribution in [2.45, 2.75) is 0 Å². The van der Waals surface area contributed by atoms with Crippen molar-refractivity contribution in [3.05, 3.63) is 34.6 Å². The summed E-state index contributed by atoms with van der Waals surface area (Å²) in [4.78, 5) is 13.3. The van der Waals surface area contributed by atoms with Crippen molar-refractivity contribution in [1.82, 2.24) is 10.2 Å². The van der Waals surface area contributed by atoms with Gasteiger partial charge in [-0.25, -0.2) is 22.0 Å². The lowest BCUT2D eigenvalue weighted by Crippen LogP contribution is -2.33. The van der Waals surface area contributed by atoms with E-state index in [1.807, 2.05) is 0 Å². The van der Waals surface area contributed by atoms with Gasteiger partial charge in [0.05, 0.1) is 0 Å². The Hall–Kier alpha value is -1.70. The lowest BCUT2D eigenvalue weighted by atomic mass is 10.0. The normalized spacial score (nSPS) is 24.5. The summed E-state index contributed by atoms with van der Waals surface area (Å²) in [6.07, 6.45) is 0. The average Bonchev–Trinajstić information content (AvgIpc) is 3.04. The number of benzene rings is 1. The molecule has 1 N–H and O–H groups in total. The van der Waals surface area contributed by atoms with Crippen molar-refractivity contribution < 1.29 is 26.7 Å². The van der Waals surface area contributed by atoms with Crippen LogP contribution in [-0.4, -0.2) is 37.0 Å². The first-order valence-corrected chi connectivity index (χ1v) is 6.43. The maximum atomic E-state index is 13.6. The number of hydrogen-bond donors (Lipinski definition) is 1. The zero-order valence-corrected chi connectivity index (χ0v) is 10.7. The quantitative estimate of drug-likeness (QED) is 0.486. The van der Waals surface area contributed by atoms with Gasteiger partial charge < -0.3 is 10.2 Å². The Morgan fingerprint density at radius 2 is 1.29 bits per heavy atom. The number of nitrogens with one attached hydrogen (secondary N) is 1. The van der Waals surface area contributed by atoms with Gasteiger partial charge in [-0.1, -0.05) is 0 Å². The van der Waals surface area contributed by atoms with Gasteiger partial charge in [0.2, 0.25) is 5.82 Å². The maximum Gasteiger partial charge on any atom is 0.260 e. The van der Waals surface area contributed by atoms with Crippen molar-refractivity contribution in [3.63, 3.8) is 0 Å². The molecule has 1 aromatic carbocycles. The smallest absolute Gasteiger partial charge is 0.260 e. The highest BCUT2D eigenvalue weighted by atomic mass is 19.2. The molecule has 2 aliphatic rings. The molecule has 1 aromatic rings. The Morgan fingerprint density at radius 1 is 0.857 bits per heavy atom. The molecule has 2 heterocycles. The van der Waals surface area contributed by atoms with Gasteiger partial charge in [-0.2, -0.15) is 0 Å². The van der Waals surface area contributed by atoms with Crippen molar-refractivity contribution in [2.24, 2.45) is 11.8 Å². The molecule has 3 rings (SSSR count). The summed E-state index contributed by atoms with van der Waals surface area (Å²) in [5, 5.41) is 3.12. The minimum Gasteiger partial charge on any atom is -0.338 e. The van der Waals surface area contributed by atoms with Crippen LogP contribution < -0.4 is 5.32 Å². The predicted octanol–water partition coefficient (Wildman–Crippen LogP) is 1.67. The van der Waals surface area contributed by atoms with E-state index in [1.54, 1.807) is 0 Å². The van der Waals surface area contributed by atoms with Gasteiger partial charge in [0, 0.05) is 26.2 Å². The number of nitrogens with zero attached hydrogens (tertiary/aromatic N) is 1. The van der Waals surface area contributed by atoms with E-state index in [2.05, 4.69) is 5.32 Å². The highest BCUT2D eigenvalue weighted by Gasteiger charge is 2.40. The average molecular weight is 306 g/mol. The van der Waals surface area contributed by atoms with Crippen LogP contribution in [0.15, 0.2) is 0 Å². The first kappa shape index (κ1) is 14.2. The van der Waals surface area contributed by atoms with E-state index in [1.165, 1.54) is 0 Å². The zero-order chi connectivity index (χ0) is 15.3. The van der Waals surface area contributed by atoms with E-state index in [0.29, 0.717) is 13.1 Å². The van der Waals surface area contributed by atoms with E-state index in [0.717, 1.165) is 4.90 Å². The van der Waals surface area contributed by atoms with Gasteiger partial charge in [0.25, 0.3) is 5.91 Å². The predicted molar refractivity (Wildman–Crippen MR) is 62.0 cm³/mol. The lowest BCUT2D eigenvalue weighted by molar-refractivity contribution is 0.0768. The van der Waals surface area contributed by atoms with Crippen LogP contribution in [-0.2, 0) is 0 Å². The van der Waals surface area contributed by atoms with Crippen molar-refractivity contribution in [3.8, 4) is 0 Å². The van der Waals surface area contributed by atoms with Crippen LogP contribution in [0.2, 0.25) is 0 Å². The summed E-state index contributed by atoms with van der Waals surface area (Å²) in [7, 11) is 0. The summed E-state index contributed by atoms with van der Waals surface area (Å²) in [5.74, 6) is -11.5. The molecule has 0 bridgehead atoms. The summed E-state index contributed by atoms with van der Waals surface area (Å²) in [6.45, 7) is 1.84. The summed E-state index contributed by atoms with van der Waals surface area (Å²) in [5.41, 5.74) is -1.38. The van der Waals surface area contributed by atoms with Crippen LogP contribution >= 0.6 is 0 Å². The van der Waals surface area contributed by atoms with E-state index in [-0.39, 0.29) is 24.9 Å². The van der Waals surface area contributed by atoms with Gasteiger partial charge in [-0.05, 0) is 11.8 Å². The van der Waals surface area contributed by atoms with Gasteiger partial charge in [-0.15, -0.1) is 0 Å². The molecule has 2 aliphatic heterocycles. The minimum absolute atomic E-state index is 0.148. The number of carbonyl (C=O) groups excluding carboxylic acids is 1. The second kappa shape index (κ2) is 4.94. The third-order valence-electron chi connectivity index (χ3n) is 4.10. The van der Waals surface area contributed by atoms with Crippen LogP contribution in [0, 0.1) is 40.9 Å². The lowest BCUT2D eigenvalue weighted by Gasteiger charge is -2.18. The molecule has 0 aromatic heterocycles. The number of fused-ring (bicyclic) bond motifs is 1. The number of likely N-dealkylation sites (tertiary alicyclic amines) is 1. The standard InChI is InChI=1S/C13H11F5N2O/c14-8-7(9(15)11(17)12(18)10(8)16)13(21)20-3-5-1-19-2-6(5)4-20/h5-6,19H,1-4H2/t5-,6+. The van der Waals surface area contributed by atoms with E-state index >= 15 is 0 Å². The Kier molecular flexibility index (Phi) is 3.35. The molecule has 3 nitrogen and oxygen atoms in total. The highest BCUT2D eigenvalue weighted by Crippen LogP contribution is 2.30. The molecule has 8 heteroatoms. The second-order valence-electron chi connectivity index (χ2n) is 5.33. The van der Waals surface area contributed by atoms with Gasteiger partial charge in [0.1, 0.15) is 5.56 Å². The monoisotopic (exact) mass is 306 g/mol. The zero-order valence-electron chi connectivity index (χ0n) is 10.7. The number of halogens is 5. The molecule has 2 fully saturated rings. The molecule has 114 valence electrons. The van der Waals surface area contributed by atoms with E-state index in [4.69, 9.17) is 0 Å². The topological polar surface area (TPSA) is 32.3 Å². The van der Waals surface area contributed by atoms with Crippen molar-refractivity contribution >= 4 is 5.91 Å². The van der Waals surface area contributed by atoms with E-state index in [9.17, 15) is 26.7 Å². The fraction of sp³-hybridized carbons (Fsp3) is 0.462. The van der Waals surface area contributed by atoms with Crippen LogP contribution in [0.5, 0.6) is 0 Å². The number of carbonyl (C=O) groups is 1. The fourth-order valence-corrected chi connectivity index (χ4v) is 2.97. The summed E-state index contributed by atoms with van der Waals surface area (Å²) >= 11 is 0. The molecule has 2 atom stereocenters. The molecule has 2 saturated heterocycles. The van der Waals surface area contributed by atoms with Crippen LogP contribution in [0.25, 0.3) is 0 Å². The molecular weight excluding hydrogens is 295 g/mol. The number of rotatable bonds is 1. The Labute approximate surface area is 116 Å². The molecular formula is C13H11F5N2O. The van der Waals surface area contributed by atoms with Gasteiger partial charge in [-0.3, -0.25) is 4.79 Å². The second-order valence-corrected chi connectivity index (χ2v) is 5.33. The Morgan fingerprint density at radius 3 is 1.76 bits per heavy atom. The fourth-order valence-electron chi connectivity index (χ4n) is 2.97. The molecule has 0 radical (unpaired) electrons. The molecule has 1 amide bonds. The largest absolute Gasteiger partial charge is 0.338 e.